The van der Waals surface area contributed by atoms with Crippen LogP contribution in [0.4, 0.5) is 0 Å². The van der Waals surface area contributed by atoms with Gasteiger partial charge >= 0.3 is 5.97 Å². The van der Waals surface area contributed by atoms with Crippen molar-refractivity contribution in [3.05, 3.63) is 65.7 Å². The van der Waals surface area contributed by atoms with Gasteiger partial charge in [0.25, 0.3) is 0 Å². The highest BCUT2D eigenvalue weighted by atomic mass is 16.5. The zero-order valence-electron chi connectivity index (χ0n) is 20.4. The van der Waals surface area contributed by atoms with Crippen LogP contribution in [0.25, 0.3) is 0 Å². The van der Waals surface area contributed by atoms with Crippen LogP contribution in [-0.4, -0.2) is 62.2 Å². The van der Waals surface area contributed by atoms with Gasteiger partial charge in [-0.15, -0.1) is 0 Å². The SMILES string of the molecule is COCc1ccccc1.O=CNC(CCOc1cccc(CCC(=O)NC2=NCCCN2)c1)C(=O)O. The molecule has 2 aromatic carbocycles. The molecule has 1 aliphatic rings. The number of hydrogen-bond donors (Lipinski definition) is 4. The average Bonchev–Trinajstić information content (AvgIpc) is 2.89. The zero-order valence-corrected chi connectivity index (χ0v) is 20.4. The molecular formula is C26H34N4O6. The molecule has 2 amide bonds. The van der Waals surface area contributed by atoms with Crippen molar-refractivity contribution < 1.29 is 29.0 Å². The molecule has 3 rings (SSSR count). The van der Waals surface area contributed by atoms with E-state index in [-0.39, 0.29) is 18.9 Å². The Balaban J connectivity index is 0.000000425. The number of aliphatic carboxylic acids is 1. The molecule has 10 heteroatoms. The molecule has 0 saturated heterocycles. The Labute approximate surface area is 211 Å². The van der Waals surface area contributed by atoms with Gasteiger partial charge in [-0.3, -0.25) is 19.9 Å². The Morgan fingerprint density at radius 2 is 1.94 bits per heavy atom. The lowest BCUT2D eigenvalue weighted by Gasteiger charge is -2.15. The van der Waals surface area contributed by atoms with Crippen molar-refractivity contribution in [3.8, 4) is 5.75 Å². The fraction of sp³-hybridized carbons (Fsp3) is 0.385. The third-order valence-electron chi connectivity index (χ3n) is 5.09. The van der Waals surface area contributed by atoms with Crippen LogP contribution in [0.1, 0.15) is 30.4 Å². The maximum absolute atomic E-state index is 12.0. The number of guanidine groups is 1. The molecule has 194 valence electrons. The average molecular weight is 499 g/mol. The van der Waals surface area contributed by atoms with Crippen molar-refractivity contribution in [2.45, 2.75) is 38.3 Å². The molecule has 1 heterocycles. The number of aryl methyl sites for hydroxylation is 1. The lowest BCUT2D eigenvalue weighted by atomic mass is 10.1. The lowest BCUT2D eigenvalue weighted by Crippen LogP contribution is -2.43. The fourth-order valence-corrected chi connectivity index (χ4v) is 3.26. The molecule has 0 saturated carbocycles. The number of carboxylic acid groups (broad SMARTS) is 1. The van der Waals surface area contributed by atoms with E-state index in [1.165, 1.54) is 5.56 Å². The van der Waals surface area contributed by atoms with Crippen LogP contribution in [0.15, 0.2) is 59.6 Å². The molecule has 1 unspecified atom stereocenters. The van der Waals surface area contributed by atoms with Crippen LogP contribution in [0, 0.1) is 0 Å². The zero-order chi connectivity index (χ0) is 26.0. The number of carbonyl (C=O) groups excluding carboxylic acids is 2. The minimum atomic E-state index is -1.11. The third kappa shape index (κ3) is 11.5. The van der Waals surface area contributed by atoms with Crippen molar-refractivity contribution >= 4 is 24.2 Å². The normalized spacial score (nSPS) is 13.1. The second-order valence-corrected chi connectivity index (χ2v) is 7.94. The molecule has 1 aliphatic heterocycles. The second-order valence-electron chi connectivity index (χ2n) is 7.94. The summed E-state index contributed by atoms with van der Waals surface area (Å²) in [6.45, 7) is 2.38. The summed E-state index contributed by atoms with van der Waals surface area (Å²) in [5, 5.41) is 17.0. The van der Waals surface area contributed by atoms with Crippen molar-refractivity contribution in [2.24, 2.45) is 4.99 Å². The van der Waals surface area contributed by atoms with Crippen LogP contribution in [0.3, 0.4) is 0 Å². The number of rotatable bonds is 12. The Morgan fingerprint density at radius 1 is 1.17 bits per heavy atom. The molecule has 0 spiro atoms. The van der Waals surface area contributed by atoms with E-state index in [0.29, 0.717) is 44.1 Å². The van der Waals surface area contributed by atoms with Gasteiger partial charge < -0.3 is 25.2 Å². The van der Waals surface area contributed by atoms with Gasteiger partial charge in [-0.05, 0) is 36.1 Å². The third-order valence-corrected chi connectivity index (χ3v) is 5.09. The summed E-state index contributed by atoms with van der Waals surface area (Å²) in [7, 11) is 1.70. The van der Waals surface area contributed by atoms with Gasteiger partial charge in [-0.2, -0.15) is 0 Å². The van der Waals surface area contributed by atoms with E-state index in [1.54, 1.807) is 13.2 Å². The molecule has 0 aliphatic carbocycles. The van der Waals surface area contributed by atoms with Crippen LogP contribution in [0.5, 0.6) is 5.75 Å². The molecule has 0 aromatic heterocycles. The molecule has 10 nitrogen and oxygen atoms in total. The van der Waals surface area contributed by atoms with Gasteiger partial charge in [0.15, 0.2) is 5.96 Å². The van der Waals surface area contributed by atoms with Crippen LogP contribution in [-0.2, 0) is 32.1 Å². The summed E-state index contributed by atoms with van der Waals surface area (Å²) in [6.07, 6.45) is 2.33. The summed E-state index contributed by atoms with van der Waals surface area (Å²) < 4.78 is 10.5. The monoisotopic (exact) mass is 498 g/mol. The molecule has 0 bridgehead atoms. The van der Waals surface area contributed by atoms with Gasteiger partial charge in [0.2, 0.25) is 12.3 Å². The number of ether oxygens (including phenoxy) is 2. The van der Waals surface area contributed by atoms with Crippen LogP contribution in [0.2, 0.25) is 0 Å². The number of carboxylic acids is 1. The molecule has 4 N–H and O–H groups in total. The Kier molecular flexibility index (Phi) is 13.1. The molecule has 2 aromatic rings. The second kappa shape index (κ2) is 16.7. The van der Waals surface area contributed by atoms with Crippen molar-refractivity contribution in [1.82, 2.24) is 16.0 Å². The minimum absolute atomic E-state index is 0.112. The van der Waals surface area contributed by atoms with Crippen molar-refractivity contribution in [3.63, 3.8) is 0 Å². The fourth-order valence-electron chi connectivity index (χ4n) is 3.26. The quantitative estimate of drug-likeness (QED) is 0.328. The van der Waals surface area contributed by atoms with Crippen molar-refractivity contribution in [2.75, 3.05) is 26.8 Å². The number of methoxy groups -OCH3 is 1. The number of carbonyl (C=O) groups is 3. The maximum Gasteiger partial charge on any atom is 0.326 e. The smallest absolute Gasteiger partial charge is 0.326 e. The Hall–Kier alpha value is -3.92. The molecular weight excluding hydrogens is 464 g/mol. The van der Waals surface area contributed by atoms with E-state index in [9.17, 15) is 14.4 Å². The standard InChI is InChI=1S/C18H24N4O5.C8H10O/c23-12-21-15(17(25)26)7-10-27-14-4-1-3-13(11-14)5-6-16(24)22-18-19-8-2-9-20-18;1-9-7-8-5-3-2-4-6-8/h1,3-4,11-12,15H,2,5-10H2,(H,21,23)(H,25,26)(H2,19,20,22,24);2-6H,7H2,1H3. The predicted molar refractivity (Wildman–Crippen MR) is 136 cm³/mol. The largest absolute Gasteiger partial charge is 0.493 e. The number of nitrogens with zero attached hydrogens (tertiary/aromatic N) is 1. The van der Waals surface area contributed by atoms with Crippen LogP contribution < -0.4 is 20.7 Å². The van der Waals surface area contributed by atoms with E-state index < -0.39 is 12.0 Å². The number of amides is 2. The van der Waals surface area contributed by atoms with Gasteiger partial charge in [-0.1, -0.05) is 42.5 Å². The lowest BCUT2D eigenvalue weighted by molar-refractivity contribution is -0.140. The maximum atomic E-state index is 12.0. The minimum Gasteiger partial charge on any atom is -0.493 e. The van der Waals surface area contributed by atoms with Gasteiger partial charge in [0.05, 0.1) is 13.2 Å². The number of hydrogen-bond acceptors (Lipinski definition) is 7. The molecule has 1 atom stereocenters. The van der Waals surface area contributed by atoms with Crippen LogP contribution >= 0.6 is 0 Å². The summed E-state index contributed by atoms with van der Waals surface area (Å²) in [5.41, 5.74) is 2.15. The Morgan fingerprint density at radius 3 is 2.61 bits per heavy atom. The first-order valence-corrected chi connectivity index (χ1v) is 11.8. The first-order chi connectivity index (χ1) is 17.5. The highest BCUT2D eigenvalue weighted by Crippen LogP contribution is 2.15. The van der Waals surface area contributed by atoms with Gasteiger partial charge in [-0.25, -0.2) is 4.79 Å². The summed E-state index contributed by atoms with van der Waals surface area (Å²) in [4.78, 5) is 37.5. The topological polar surface area (TPSA) is 138 Å². The number of nitrogens with one attached hydrogen (secondary N) is 3. The van der Waals surface area contributed by atoms with Gasteiger partial charge in [0, 0.05) is 33.0 Å². The molecule has 0 fully saturated rings. The highest BCUT2D eigenvalue weighted by molar-refractivity contribution is 5.97. The Bertz CT molecular complexity index is 983. The van der Waals surface area contributed by atoms with Gasteiger partial charge in [0.1, 0.15) is 11.8 Å². The number of benzene rings is 2. The first kappa shape index (κ1) is 28.3. The summed E-state index contributed by atoms with van der Waals surface area (Å²) >= 11 is 0. The number of aliphatic imine (C=N–C) groups is 1. The predicted octanol–water partition coefficient (Wildman–Crippen LogP) is 1.89. The van der Waals surface area contributed by atoms with E-state index >= 15 is 0 Å². The summed E-state index contributed by atoms with van der Waals surface area (Å²) in [6, 6.07) is 16.4. The summed E-state index contributed by atoms with van der Waals surface area (Å²) in [5.74, 6) is -0.108. The van der Waals surface area contributed by atoms with E-state index in [0.717, 1.165) is 18.5 Å². The van der Waals surface area contributed by atoms with E-state index in [4.69, 9.17) is 14.6 Å². The van der Waals surface area contributed by atoms with E-state index in [1.807, 2.05) is 48.5 Å². The van der Waals surface area contributed by atoms with Crippen molar-refractivity contribution in [1.29, 1.82) is 0 Å². The first-order valence-electron chi connectivity index (χ1n) is 11.8. The molecule has 36 heavy (non-hydrogen) atoms. The highest BCUT2D eigenvalue weighted by Gasteiger charge is 2.16. The van der Waals surface area contributed by atoms with E-state index in [2.05, 4.69) is 20.9 Å². The molecule has 0 radical (unpaired) electrons.